The average molecular weight is 360 g/mol. The number of rotatable bonds is 5. The van der Waals surface area contributed by atoms with Crippen LogP contribution in [0.2, 0.25) is 0 Å². The number of ether oxygens (including phenoxy) is 1. The monoisotopic (exact) mass is 360 g/mol. The second-order valence-corrected chi connectivity index (χ2v) is 6.67. The van der Waals surface area contributed by atoms with E-state index in [1.54, 1.807) is 0 Å². The molecule has 1 saturated heterocycles. The number of benzene rings is 2. The van der Waals surface area contributed by atoms with Crippen LogP contribution in [-0.2, 0) is 4.79 Å². The smallest absolute Gasteiger partial charge is 0.217 e. The Morgan fingerprint density at radius 3 is 2.42 bits per heavy atom. The van der Waals surface area contributed by atoms with Crippen LogP contribution < -0.4 is 15.0 Å². The molecule has 1 amide bonds. The van der Waals surface area contributed by atoms with E-state index in [1.807, 2.05) is 31.2 Å². The van der Waals surface area contributed by atoms with Gasteiger partial charge >= 0.3 is 0 Å². The van der Waals surface area contributed by atoms with E-state index < -0.39 is 11.6 Å². The van der Waals surface area contributed by atoms with Gasteiger partial charge < -0.3 is 15.0 Å². The van der Waals surface area contributed by atoms with Crippen LogP contribution >= 0.6 is 0 Å². The molecule has 26 heavy (non-hydrogen) atoms. The van der Waals surface area contributed by atoms with Gasteiger partial charge in [-0.15, -0.1) is 0 Å². The van der Waals surface area contributed by atoms with Crippen molar-refractivity contribution in [1.29, 1.82) is 0 Å². The fourth-order valence-corrected chi connectivity index (χ4v) is 2.98. The number of carbonyl (C=O) groups is 1. The highest BCUT2D eigenvalue weighted by Crippen LogP contribution is 2.28. The number of carbonyl (C=O) groups excluding carboxylic acids is 1. The highest BCUT2D eigenvalue weighted by molar-refractivity contribution is 5.73. The highest BCUT2D eigenvalue weighted by atomic mass is 19.2. The summed E-state index contributed by atoms with van der Waals surface area (Å²) in [7, 11) is 0. The summed E-state index contributed by atoms with van der Waals surface area (Å²) in [5.74, 6) is -1.90. The Kier molecular flexibility index (Phi) is 5.11. The summed E-state index contributed by atoms with van der Waals surface area (Å²) in [5.41, 5.74) is 2.31. The predicted octanol–water partition coefficient (Wildman–Crippen LogP) is 3.74. The van der Waals surface area contributed by atoms with Crippen LogP contribution in [0.25, 0.3) is 0 Å². The van der Waals surface area contributed by atoms with Gasteiger partial charge in [0.1, 0.15) is 6.10 Å². The first-order valence-corrected chi connectivity index (χ1v) is 8.58. The largest absolute Gasteiger partial charge is 0.484 e. The van der Waals surface area contributed by atoms with Gasteiger partial charge in [-0.05, 0) is 43.2 Å². The molecule has 1 unspecified atom stereocenters. The predicted molar refractivity (Wildman–Crippen MR) is 96.4 cm³/mol. The maximum Gasteiger partial charge on any atom is 0.217 e. The minimum atomic E-state index is -0.931. The quantitative estimate of drug-likeness (QED) is 0.883. The molecular weight excluding hydrogens is 338 g/mol. The van der Waals surface area contributed by atoms with Crippen LogP contribution in [0, 0.1) is 18.6 Å². The Hall–Kier alpha value is -2.63. The number of halogens is 2. The molecule has 6 heteroatoms. The Balaban J connectivity index is 1.57. The Labute approximate surface area is 151 Å². The topological polar surface area (TPSA) is 41.6 Å². The zero-order valence-corrected chi connectivity index (χ0v) is 15.1. The third-order valence-electron chi connectivity index (χ3n) is 4.56. The van der Waals surface area contributed by atoms with Crippen molar-refractivity contribution < 1.29 is 18.3 Å². The molecule has 1 N–H and O–H groups in total. The van der Waals surface area contributed by atoms with Crippen molar-refractivity contribution in [3.8, 4) is 5.75 Å². The van der Waals surface area contributed by atoms with Gasteiger partial charge in [0.2, 0.25) is 11.7 Å². The van der Waals surface area contributed by atoms with Gasteiger partial charge in [-0.1, -0.05) is 18.2 Å². The van der Waals surface area contributed by atoms with E-state index in [0.29, 0.717) is 13.1 Å². The SMILES string of the molecule is CC(=O)NC(C)c1ccc(N2CC(Oc3ccc(C)c(F)c3F)C2)cc1. The lowest BCUT2D eigenvalue weighted by Gasteiger charge is -2.40. The number of aryl methyl sites for hydroxylation is 1. The van der Waals surface area contributed by atoms with Crippen molar-refractivity contribution in [2.75, 3.05) is 18.0 Å². The lowest BCUT2D eigenvalue weighted by Crippen LogP contribution is -2.54. The fourth-order valence-electron chi connectivity index (χ4n) is 2.98. The molecule has 0 saturated carbocycles. The normalized spacial score (nSPS) is 15.3. The summed E-state index contributed by atoms with van der Waals surface area (Å²) in [6.45, 7) is 6.15. The maximum absolute atomic E-state index is 13.9. The van der Waals surface area contributed by atoms with Gasteiger partial charge in [-0.25, -0.2) is 4.39 Å². The molecule has 2 aromatic rings. The molecule has 1 aliphatic heterocycles. The lowest BCUT2D eigenvalue weighted by atomic mass is 10.1. The molecule has 1 fully saturated rings. The first-order valence-electron chi connectivity index (χ1n) is 8.58. The van der Waals surface area contributed by atoms with Crippen LogP contribution in [0.1, 0.15) is 31.0 Å². The van der Waals surface area contributed by atoms with E-state index in [-0.39, 0.29) is 29.4 Å². The Morgan fingerprint density at radius 2 is 1.81 bits per heavy atom. The molecule has 1 atom stereocenters. The van der Waals surface area contributed by atoms with Gasteiger partial charge in [0.15, 0.2) is 11.6 Å². The minimum Gasteiger partial charge on any atom is -0.484 e. The summed E-state index contributed by atoms with van der Waals surface area (Å²) in [6.07, 6.45) is -0.176. The van der Waals surface area contributed by atoms with Gasteiger partial charge in [0.25, 0.3) is 0 Å². The number of amides is 1. The standard InChI is InChI=1S/C20H22F2N2O2/c1-12-4-9-18(20(22)19(12)21)26-17-10-24(11-17)16-7-5-15(6-8-16)13(2)23-14(3)25/h4-9,13,17H,10-11H2,1-3H3,(H,23,25). The van der Waals surface area contributed by atoms with E-state index in [0.717, 1.165) is 11.3 Å². The molecule has 4 nitrogen and oxygen atoms in total. The van der Waals surface area contributed by atoms with E-state index >= 15 is 0 Å². The number of nitrogens with one attached hydrogen (secondary N) is 1. The van der Waals surface area contributed by atoms with Crippen molar-refractivity contribution in [3.63, 3.8) is 0 Å². The number of hydrogen-bond donors (Lipinski definition) is 1. The van der Waals surface area contributed by atoms with Crippen LogP contribution in [0.4, 0.5) is 14.5 Å². The number of hydrogen-bond acceptors (Lipinski definition) is 3. The molecule has 1 heterocycles. The van der Waals surface area contributed by atoms with E-state index in [2.05, 4.69) is 10.2 Å². The number of anilines is 1. The summed E-state index contributed by atoms with van der Waals surface area (Å²) >= 11 is 0. The molecule has 138 valence electrons. The van der Waals surface area contributed by atoms with E-state index in [4.69, 9.17) is 4.74 Å². The molecule has 1 aliphatic rings. The maximum atomic E-state index is 13.9. The Morgan fingerprint density at radius 1 is 1.15 bits per heavy atom. The van der Waals surface area contributed by atoms with Crippen molar-refractivity contribution in [1.82, 2.24) is 5.32 Å². The first kappa shape index (κ1) is 18.2. The zero-order valence-electron chi connectivity index (χ0n) is 15.1. The molecule has 0 spiro atoms. The van der Waals surface area contributed by atoms with Crippen LogP contribution in [0.5, 0.6) is 5.75 Å². The molecule has 2 aromatic carbocycles. The van der Waals surface area contributed by atoms with Crippen LogP contribution in [0.3, 0.4) is 0 Å². The summed E-state index contributed by atoms with van der Waals surface area (Å²) in [4.78, 5) is 13.2. The first-order chi connectivity index (χ1) is 12.3. The van der Waals surface area contributed by atoms with Gasteiger partial charge in [0.05, 0.1) is 19.1 Å². The molecule has 0 aliphatic carbocycles. The van der Waals surface area contributed by atoms with Crippen molar-refractivity contribution in [2.24, 2.45) is 0 Å². The van der Waals surface area contributed by atoms with Crippen molar-refractivity contribution in [2.45, 2.75) is 32.9 Å². The third-order valence-corrected chi connectivity index (χ3v) is 4.56. The van der Waals surface area contributed by atoms with Crippen molar-refractivity contribution >= 4 is 11.6 Å². The second kappa shape index (κ2) is 7.32. The third kappa shape index (κ3) is 3.79. The summed E-state index contributed by atoms with van der Waals surface area (Å²) in [6, 6.07) is 10.8. The number of nitrogens with zero attached hydrogens (tertiary/aromatic N) is 1. The van der Waals surface area contributed by atoms with Gasteiger partial charge in [-0.2, -0.15) is 4.39 Å². The minimum absolute atomic E-state index is 0.0442. The van der Waals surface area contributed by atoms with Crippen LogP contribution in [-0.4, -0.2) is 25.1 Å². The van der Waals surface area contributed by atoms with E-state index in [9.17, 15) is 13.6 Å². The molecule has 3 rings (SSSR count). The van der Waals surface area contributed by atoms with Crippen LogP contribution in [0.15, 0.2) is 36.4 Å². The summed E-state index contributed by atoms with van der Waals surface area (Å²) in [5, 5.41) is 2.85. The lowest BCUT2D eigenvalue weighted by molar-refractivity contribution is -0.119. The fraction of sp³-hybridized carbons (Fsp3) is 0.350. The molecule has 0 bridgehead atoms. The van der Waals surface area contributed by atoms with Gasteiger partial charge in [-0.3, -0.25) is 4.79 Å². The zero-order chi connectivity index (χ0) is 18.8. The molecule has 0 radical (unpaired) electrons. The van der Waals surface area contributed by atoms with E-state index in [1.165, 1.54) is 26.0 Å². The Bertz CT molecular complexity index is 802. The summed E-state index contributed by atoms with van der Waals surface area (Å²) < 4.78 is 33.0. The molecular formula is C20H22F2N2O2. The second-order valence-electron chi connectivity index (χ2n) is 6.67. The molecule has 0 aromatic heterocycles. The average Bonchev–Trinajstić information content (AvgIpc) is 2.57. The highest BCUT2D eigenvalue weighted by Gasteiger charge is 2.30. The van der Waals surface area contributed by atoms with Crippen molar-refractivity contribution in [3.05, 3.63) is 59.2 Å². The van der Waals surface area contributed by atoms with Gasteiger partial charge in [0, 0.05) is 12.6 Å².